The topological polar surface area (TPSA) is 12.0 Å². The third-order valence-corrected chi connectivity index (χ3v) is 4.46. The van der Waals surface area contributed by atoms with Crippen LogP contribution in [0.5, 0.6) is 0 Å². The van der Waals surface area contributed by atoms with Crippen molar-refractivity contribution in [2.24, 2.45) is 0 Å². The summed E-state index contributed by atoms with van der Waals surface area (Å²) in [5.41, 5.74) is 1.91. The first-order chi connectivity index (χ1) is 10.2. The minimum absolute atomic E-state index is 0.186. The number of halogens is 2. The third kappa shape index (κ3) is 5.03. The van der Waals surface area contributed by atoms with Crippen LogP contribution in [0.1, 0.15) is 24.5 Å². The van der Waals surface area contributed by atoms with Gasteiger partial charge in [-0.25, -0.2) is 4.39 Å². The number of hydrogen-bond acceptors (Lipinski definition) is 2. The van der Waals surface area contributed by atoms with Gasteiger partial charge >= 0.3 is 0 Å². The zero-order valence-corrected chi connectivity index (χ0v) is 13.6. The van der Waals surface area contributed by atoms with Gasteiger partial charge in [0.15, 0.2) is 0 Å². The molecule has 1 N–H and O–H groups in total. The van der Waals surface area contributed by atoms with E-state index in [2.05, 4.69) is 36.5 Å². The molecule has 0 aliphatic rings. The quantitative estimate of drug-likeness (QED) is 0.550. The molecule has 0 aliphatic carbocycles. The van der Waals surface area contributed by atoms with Crippen LogP contribution >= 0.6 is 23.4 Å². The lowest BCUT2D eigenvalue weighted by Gasteiger charge is -2.07. The van der Waals surface area contributed by atoms with Crippen molar-refractivity contribution in [1.29, 1.82) is 0 Å². The van der Waals surface area contributed by atoms with Crippen molar-refractivity contribution in [3.63, 3.8) is 0 Å². The fraction of sp³-hybridized carbons (Fsp3) is 0.294. The molecule has 21 heavy (non-hydrogen) atoms. The lowest BCUT2D eigenvalue weighted by Crippen LogP contribution is -2.13. The standard InChI is InChI=1S/C17H19ClFNS/c1-2-10-20-11-13-6-8-15(9-7-13)21-12-14-4-3-5-16(18)17(14)19/h3-9,20H,2,10-12H2,1H3. The summed E-state index contributed by atoms with van der Waals surface area (Å²) >= 11 is 7.40. The maximum absolute atomic E-state index is 13.8. The van der Waals surface area contributed by atoms with Gasteiger partial charge in [-0.3, -0.25) is 0 Å². The second-order valence-corrected chi connectivity index (χ2v) is 6.28. The molecule has 0 atom stereocenters. The molecule has 0 fully saturated rings. The van der Waals surface area contributed by atoms with E-state index >= 15 is 0 Å². The van der Waals surface area contributed by atoms with Gasteiger partial charge in [-0.05, 0) is 42.3 Å². The SMILES string of the molecule is CCCNCc1ccc(SCc2cccc(Cl)c2F)cc1. The molecule has 0 spiro atoms. The molecule has 0 saturated heterocycles. The van der Waals surface area contributed by atoms with Crippen molar-refractivity contribution in [3.8, 4) is 0 Å². The summed E-state index contributed by atoms with van der Waals surface area (Å²) in [4.78, 5) is 1.13. The van der Waals surface area contributed by atoms with Crippen molar-refractivity contribution in [2.45, 2.75) is 30.5 Å². The van der Waals surface area contributed by atoms with Crippen molar-refractivity contribution in [2.75, 3.05) is 6.54 Å². The molecule has 0 amide bonds. The predicted molar refractivity (Wildman–Crippen MR) is 89.4 cm³/mol. The van der Waals surface area contributed by atoms with E-state index in [9.17, 15) is 4.39 Å². The van der Waals surface area contributed by atoms with Crippen molar-refractivity contribution in [3.05, 3.63) is 64.4 Å². The average molecular weight is 324 g/mol. The van der Waals surface area contributed by atoms with E-state index in [1.807, 2.05) is 0 Å². The molecule has 2 rings (SSSR count). The largest absolute Gasteiger partial charge is 0.313 e. The molecule has 0 aliphatic heterocycles. The van der Waals surface area contributed by atoms with Gasteiger partial charge in [0.2, 0.25) is 0 Å². The van der Waals surface area contributed by atoms with Gasteiger partial charge < -0.3 is 5.32 Å². The lowest BCUT2D eigenvalue weighted by molar-refractivity contribution is 0.618. The molecule has 1 nitrogen and oxygen atoms in total. The van der Waals surface area contributed by atoms with E-state index in [4.69, 9.17) is 11.6 Å². The number of hydrogen-bond donors (Lipinski definition) is 1. The average Bonchev–Trinajstić information content (AvgIpc) is 2.50. The Morgan fingerprint density at radius 3 is 2.62 bits per heavy atom. The first-order valence-corrected chi connectivity index (χ1v) is 8.42. The summed E-state index contributed by atoms with van der Waals surface area (Å²) in [5, 5.41) is 3.56. The Morgan fingerprint density at radius 2 is 1.90 bits per heavy atom. The first kappa shape index (κ1) is 16.3. The molecule has 2 aromatic carbocycles. The molecule has 112 valence electrons. The molecule has 0 bridgehead atoms. The van der Waals surface area contributed by atoms with E-state index in [0.29, 0.717) is 11.3 Å². The van der Waals surface area contributed by atoms with Gasteiger partial charge in [0.1, 0.15) is 5.82 Å². The molecule has 2 aromatic rings. The van der Waals surface area contributed by atoms with Crippen LogP contribution in [0.15, 0.2) is 47.4 Å². The highest BCUT2D eigenvalue weighted by Gasteiger charge is 2.06. The Bertz CT molecular complexity index is 572. The maximum Gasteiger partial charge on any atom is 0.145 e. The van der Waals surface area contributed by atoms with Crippen molar-refractivity contribution < 1.29 is 4.39 Å². The summed E-state index contributed by atoms with van der Waals surface area (Å²) in [7, 11) is 0. The monoisotopic (exact) mass is 323 g/mol. The molecule has 0 heterocycles. The number of rotatable bonds is 7. The van der Waals surface area contributed by atoms with Crippen LogP contribution in [0.2, 0.25) is 5.02 Å². The Kier molecular flexibility index (Phi) is 6.55. The minimum Gasteiger partial charge on any atom is -0.313 e. The molecular weight excluding hydrogens is 305 g/mol. The molecule has 0 unspecified atom stereocenters. The van der Waals surface area contributed by atoms with Crippen LogP contribution in [0.3, 0.4) is 0 Å². The van der Waals surface area contributed by atoms with Crippen molar-refractivity contribution >= 4 is 23.4 Å². The van der Waals surface area contributed by atoms with Gasteiger partial charge in [-0.2, -0.15) is 0 Å². The highest BCUT2D eigenvalue weighted by molar-refractivity contribution is 7.98. The van der Waals surface area contributed by atoms with Gasteiger partial charge in [0, 0.05) is 17.2 Å². The highest BCUT2D eigenvalue weighted by atomic mass is 35.5. The number of thioether (sulfide) groups is 1. The Balaban J connectivity index is 1.90. The Morgan fingerprint density at radius 1 is 1.14 bits per heavy atom. The van der Waals surface area contributed by atoms with E-state index in [-0.39, 0.29) is 10.8 Å². The van der Waals surface area contributed by atoms with Crippen LogP contribution in [0, 0.1) is 5.82 Å². The summed E-state index contributed by atoms with van der Waals surface area (Å²) < 4.78 is 13.8. The molecule has 4 heteroatoms. The summed E-state index contributed by atoms with van der Waals surface area (Å²) in [6, 6.07) is 13.5. The Labute approximate surface area is 134 Å². The van der Waals surface area contributed by atoms with Gasteiger partial charge in [0.25, 0.3) is 0 Å². The Hall–Kier alpha value is -1.03. The van der Waals surface area contributed by atoms with Crippen LogP contribution in [0.4, 0.5) is 4.39 Å². The van der Waals surface area contributed by atoms with Gasteiger partial charge in [0.05, 0.1) is 5.02 Å². The zero-order chi connectivity index (χ0) is 15.1. The van der Waals surface area contributed by atoms with Crippen molar-refractivity contribution in [1.82, 2.24) is 5.32 Å². The third-order valence-electron chi connectivity index (χ3n) is 3.11. The van der Waals surface area contributed by atoms with E-state index < -0.39 is 0 Å². The zero-order valence-electron chi connectivity index (χ0n) is 12.0. The number of benzene rings is 2. The van der Waals surface area contributed by atoms with E-state index in [0.717, 1.165) is 24.4 Å². The maximum atomic E-state index is 13.8. The van der Waals surface area contributed by atoms with E-state index in [1.54, 1.807) is 30.0 Å². The first-order valence-electron chi connectivity index (χ1n) is 7.06. The van der Waals surface area contributed by atoms with Crippen LogP contribution in [0.25, 0.3) is 0 Å². The molecular formula is C17H19ClFNS. The predicted octanol–water partition coefficient (Wildman–Crippen LogP) is 5.27. The van der Waals surface area contributed by atoms with Gasteiger partial charge in [-0.15, -0.1) is 11.8 Å². The lowest BCUT2D eigenvalue weighted by atomic mass is 10.2. The second kappa shape index (κ2) is 8.42. The number of nitrogens with one attached hydrogen (secondary N) is 1. The fourth-order valence-electron chi connectivity index (χ4n) is 1.93. The summed E-state index contributed by atoms with van der Waals surface area (Å²) in [6.07, 6.45) is 1.14. The van der Waals surface area contributed by atoms with Crippen LogP contribution in [-0.2, 0) is 12.3 Å². The van der Waals surface area contributed by atoms with Gasteiger partial charge in [-0.1, -0.05) is 42.8 Å². The summed E-state index contributed by atoms with van der Waals surface area (Å²) in [6.45, 7) is 4.08. The van der Waals surface area contributed by atoms with Crippen LogP contribution < -0.4 is 5.32 Å². The highest BCUT2D eigenvalue weighted by Crippen LogP contribution is 2.26. The van der Waals surface area contributed by atoms with E-state index in [1.165, 1.54) is 5.56 Å². The normalized spacial score (nSPS) is 10.8. The summed E-state index contributed by atoms with van der Waals surface area (Å²) in [5.74, 6) is 0.270. The van der Waals surface area contributed by atoms with Crippen LogP contribution in [-0.4, -0.2) is 6.54 Å². The smallest absolute Gasteiger partial charge is 0.145 e. The molecule has 0 aromatic heterocycles. The molecule has 0 radical (unpaired) electrons. The minimum atomic E-state index is -0.313. The second-order valence-electron chi connectivity index (χ2n) is 4.82. The molecule has 0 saturated carbocycles. The fourth-order valence-corrected chi connectivity index (χ4v) is 3.00.